The quantitative estimate of drug-likeness (QED) is 0.597. The lowest BCUT2D eigenvalue weighted by molar-refractivity contribution is -0.147. The fourth-order valence-corrected chi connectivity index (χ4v) is 1.19. The van der Waals surface area contributed by atoms with Crippen LogP contribution < -0.4 is 5.73 Å². The predicted octanol–water partition coefficient (Wildman–Crippen LogP) is -0.175. The van der Waals surface area contributed by atoms with Crippen molar-refractivity contribution in [3.05, 3.63) is 0 Å². The Morgan fingerprint density at radius 2 is 2.27 bits per heavy atom. The maximum Gasteiger partial charge on any atom is 0.329 e. The van der Waals surface area contributed by atoms with Crippen LogP contribution in [-0.4, -0.2) is 30.3 Å². The van der Waals surface area contributed by atoms with Gasteiger partial charge in [-0.3, -0.25) is 0 Å². The molecule has 3 N–H and O–H groups in total. The molecule has 1 saturated carbocycles. The minimum Gasteiger partial charge on any atom is -0.480 e. The van der Waals surface area contributed by atoms with Crippen molar-refractivity contribution in [2.24, 2.45) is 11.7 Å². The van der Waals surface area contributed by atoms with Crippen LogP contribution >= 0.6 is 0 Å². The van der Waals surface area contributed by atoms with Gasteiger partial charge in [-0.15, -0.1) is 0 Å². The highest BCUT2D eigenvalue weighted by Crippen LogP contribution is 2.28. The van der Waals surface area contributed by atoms with E-state index >= 15 is 0 Å². The third-order valence-electron chi connectivity index (χ3n) is 1.97. The van der Waals surface area contributed by atoms with Gasteiger partial charge in [0.2, 0.25) is 0 Å². The highest BCUT2D eigenvalue weighted by atomic mass is 16.5. The average Bonchev–Trinajstić information content (AvgIpc) is 1.84. The van der Waals surface area contributed by atoms with Crippen molar-refractivity contribution in [3.63, 3.8) is 0 Å². The molecule has 0 heterocycles. The Morgan fingerprint density at radius 3 is 2.73 bits per heavy atom. The molecule has 1 rings (SSSR count). The summed E-state index contributed by atoms with van der Waals surface area (Å²) in [5.41, 5.74) is 5.38. The molecular formula is C7H13NO3. The van der Waals surface area contributed by atoms with Crippen LogP contribution in [-0.2, 0) is 9.53 Å². The molecule has 4 nitrogen and oxygen atoms in total. The van der Waals surface area contributed by atoms with Crippen molar-refractivity contribution in [2.75, 3.05) is 13.2 Å². The number of carboxylic acids is 1. The molecule has 0 spiro atoms. The lowest BCUT2D eigenvalue weighted by Gasteiger charge is -2.33. The molecule has 0 radical (unpaired) electrons. The second-order valence-corrected chi connectivity index (χ2v) is 2.90. The molecule has 0 aromatic carbocycles. The summed E-state index contributed by atoms with van der Waals surface area (Å²) in [5.74, 6) is -0.352. The monoisotopic (exact) mass is 159 g/mol. The number of aliphatic carboxylic acids is 1. The molecule has 4 heteroatoms. The molecule has 0 amide bonds. The van der Waals surface area contributed by atoms with E-state index in [1.165, 1.54) is 0 Å². The van der Waals surface area contributed by atoms with E-state index in [0.29, 0.717) is 12.5 Å². The van der Waals surface area contributed by atoms with E-state index in [1.807, 2.05) is 0 Å². The summed E-state index contributed by atoms with van der Waals surface area (Å²) in [6.07, 6.45) is 1.98. The Kier molecular flexibility index (Phi) is 2.84. The number of ether oxygens (including phenoxy) is 1. The first-order valence-electron chi connectivity index (χ1n) is 3.76. The molecule has 1 aliphatic carbocycles. The van der Waals surface area contributed by atoms with Crippen LogP contribution in [0.15, 0.2) is 0 Å². The zero-order valence-electron chi connectivity index (χ0n) is 6.32. The second kappa shape index (κ2) is 3.69. The normalized spacial score (nSPS) is 29.5. The van der Waals surface area contributed by atoms with E-state index in [9.17, 15) is 4.79 Å². The Bertz CT molecular complexity index is 143. The summed E-state index contributed by atoms with van der Waals surface area (Å²) < 4.78 is 5.02. The van der Waals surface area contributed by atoms with Crippen LogP contribution in [0.25, 0.3) is 0 Å². The van der Waals surface area contributed by atoms with Gasteiger partial charge in [0.15, 0.2) is 0 Å². The van der Waals surface area contributed by atoms with Crippen LogP contribution in [0.2, 0.25) is 0 Å². The molecule has 0 bridgehead atoms. The number of rotatable bonds is 4. The minimum atomic E-state index is -0.902. The van der Waals surface area contributed by atoms with Crippen LogP contribution in [0.5, 0.6) is 0 Å². The number of carbonyl (C=O) groups is 1. The molecule has 0 aromatic heterocycles. The predicted molar refractivity (Wildman–Crippen MR) is 39.2 cm³/mol. The summed E-state index contributed by atoms with van der Waals surface area (Å²) in [7, 11) is 0. The van der Waals surface area contributed by atoms with Gasteiger partial charge in [0.1, 0.15) is 6.61 Å². The van der Waals surface area contributed by atoms with E-state index in [4.69, 9.17) is 15.6 Å². The van der Waals surface area contributed by atoms with Gasteiger partial charge < -0.3 is 15.6 Å². The largest absolute Gasteiger partial charge is 0.480 e. The van der Waals surface area contributed by atoms with Gasteiger partial charge in [0, 0.05) is 0 Å². The molecule has 0 atom stereocenters. The topological polar surface area (TPSA) is 72.5 Å². The van der Waals surface area contributed by atoms with Gasteiger partial charge in [-0.1, -0.05) is 0 Å². The number of hydrogen-bond acceptors (Lipinski definition) is 3. The summed E-state index contributed by atoms with van der Waals surface area (Å²) in [5, 5.41) is 8.26. The Labute approximate surface area is 65.3 Å². The van der Waals surface area contributed by atoms with Crippen molar-refractivity contribution in [3.8, 4) is 0 Å². The molecule has 64 valence electrons. The minimum absolute atomic E-state index is 0.139. The lowest BCUT2D eigenvalue weighted by atomic mass is 9.82. The van der Waals surface area contributed by atoms with Crippen molar-refractivity contribution >= 4 is 5.97 Å². The van der Waals surface area contributed by atoms with Gasteiger partial charge in [-0.05, 0) is 25.3 Å². The molecular weight excluding hydrogens is 146 g/mol. The first-order chi connectivity index (χ1) is 5.22. The summed E-state index contributed by atoms with van der Waals surface area (Å²) in [6.45, 7) is 0.509. The molecule has 1 fully saturated rings. The Balaban J connectivity index is 2.00. The van der Waals surface area contributed by atoms with E-state index in [2.05, 4.69) is 0 Å². The first-order valence-corrected chi connectivity index (χ1v) is 3.76. The van der Waals surface area contributed by atoms with Crippen molar-refractivity contribution in [1.29, 1.82) is 0 Å². The number of carboxylic acid groups (broad SMARTS) is 1. The molecule has 11 heavy (non-hydrogen) atoms. The van der Waals surface area contributed by atoms with Crippen molar-refractivity contribution in [2.45, 2.75) is 18.9 Å². The average molecular weight is 159 g/mol. The molecule has 1 aliphatic rings. The number of nitrogens with two attached hydrogens (primary N) is 1. The fourth-order valence-electron chi connectivity index (χ4n) is 1.19. The van der Waals surface area contributed by atoms with Gasteiger partial charge in [0.25, 0.3) is 0 Å². The molecule has 0 saturated heterocycles. The van der Waals surface area contributed by atoms with Crippen LogP contribution in [0.4, 0.5) is 0 Å². The third kappa shape index (κ3) is 2.48. The van der Waals surface area contributed by atoms with E-state index < -0.39 is 5.97 Å². The van der Waals surface area contributed by atoms with E-state index in [1.54, 1.807) is 0 Å². The van der Waals surface area contributed by atoms with Crippen LogP contribution in [0.3, 0.4) is 0 Å². The van der Waals surface area contributed by atoms with Crippen LogP contribution in [0, 0.1) is 5.92 Å². The van der Waals surface area contributed by atoms with Gasteiger partial charge in [0.05, 0.1) is 6.10 Å². The Morgan fingerprint density at radius 1 is 1.64 bits per heavy atom. The summed E-state index contributed by atoms with van der Waals surface area (Å²) in [6, 6.07) is 0. The maximum absolute atomic E-state index is 10.0. The van der Waals surface area contributed by atoms with E-state index in [-0.39, 0.29) is 12.7 Å². The zero-order chi connectivity index (χ0) is 8.27. The van der Waals surface area contributed by atoms with Crippen molar-refractivity contribution in [1.82, 2.24) is 0 Å². The molecule has 0 aromatic rings. The molecule has 0 unspecified atom stereocenters. The molecule has 0 aliphatic heterocycles. The van der Waals surface area contributed by atoms with Gasteiger partial charge in [-0.25, -0.2) is 4.79 Å². The standard InChI is InChI=1S/C7H13NO3/c8-3-5-1-6(2-5)11-4-7(9)10/h5-6H,1-4,8H2,(H,9,10). The number of hydrogen-bond donors (Lipinski definition) is 2. The Hall–Kier alpha value is -0.610. The highest BCUT2D eigenvalue weighted by Gasteiger charge is 2.28. The SMILES string of the molecule is NCC1CC(OCC(=O)O)C1. The van der Waals surface area contributed by atoms with E-state index in [0.717, 1.165) is 12.8 Å². The maximum atomic E-state index is 10.0. The smallest absolute Gasteiger partial charge is 0.329 e. The lowest BCUT2D eigenvalue weighted by Crippen LogP contribution is -2.36. The third-order valence-corrected chi connectivity index (χ3v) is 1.97. The highest BCUT2D eigenvalue weighted by molar-refractivity contribution is 5.68. The first kappa shape index (κ1) is 8.49. The van der Waals surface area contributed by atoms with Crippen LogP contribution in [0.1, 0.15) is 12.8 Å². The van der Waals surface area contributed by atoms with Gasteiger partial charge >= 0.3 is 5.97 Å². The second-order valence-electron chi connectivity index (χ2n) is 2.90. The fraction of sp³-hybridized carbons (Fsp3) is 0.857. The zero-order valence-corrected chi connectivity index (χ0v) is 6.32. The van der Waals surface area contributed by atoms with Crippen molar-refractivity contribution < 1.29 is 14.6 Å². The van der Waals surface area contributed by atoms with Gasteiger partial charge in [-0.2, -0.15) is 0 Å². The summed E-state index contributed by atoms with van der Waals surface area (Å²) >= 11 is 0. The summed E-state index contributed by atoms with van der Waals surface area (Å²) in [4.78, 5) is 10.0.